The highest BCUT2D eigenvalue weighted by molar-refractivity contribution is 6.67. The number of aromatic amines is 1. The summed E-state index contributed by atoms with van der Waals surface area (Å²) in [5.41, 5.74) is 2.35. The molecule has 4 rings (SSSR count). The van der Waals surface area contributed by atoms with E-state index in [1.165, 1.54) is 13.8 Å². The van der Waals surface area contributed by atoms with Crippen molar-refractivity contribution in [1.82, 2.24) is 36.9 Å². The molecule has 23 heteroatoms. The summed E-state index contributed by atoms with van der Waals surface area (Å²) < 4.78 is 19.3. The third-order valence-electron chi connectivity index (χ3n) is 11.0. The Bertz CT molecular complexity index is 2720. The zero-order valence-corrected chi connectivity index (χ0v) is 45.4. The number of rotatable bonds is 23. The number of esters is 3. The number of benzene rings is 3. The van der Waals surface area contributed by atoms with Crippen molar-refractivity contribution >= 4 is 99.2 Å². The SMILES string of the molecule is Cc1cc(C)c(C(C)(C)CC(=O)N[C@@H](Cc2c[nH]c3ccccc23)C(=O)N[C@@H](C)C(=O)NCC(=O)NCC(=O)N[C@@H](CC(=O)OCc2ccccc2)C(=O)OCC(Cl)(Cl)Cl)c(OC(=O)[C@H](C)NC(=O)OC(C)(C)C)c1. The van der Waals surface area contributed by atoms with E-state index in [1.807, 2.05) is 44.2 Å². The van der Waals surface area contributed by atoms with Crippen molar-refractivity contribution in [2.24, 2.45) is 0 Å². The van der Waals surface area contributed by atoms with Crippen molar-refractivity contribution in [2.45, 2.75) is 127 Å². The molecule has 0 saturated heterocycles. The van der Waals surface area contributed by atoms with E-state index in [0.29, 0.717) is 22.3 Å². The van der Waals surface area contributed by atoms with Crippen LogP contribution < -0.4 is 36.6 Å². The van der Waals surface area contributed by atoms with Gasteiger partial charge in [0.15, 0.2) is 0 Å². The van der Waals surface area contributed by atoms with Gasteiger partial charge >= 0.3 is 24.0 Å². The summed E-state index contributed by atoms with van der Waals surface area (Å²) in [4.78, 5) is 121. The molecule has 0 bridgehead atoms. The van der Waals surface area contributed by atoms with Gasteiger partial charge in [-0.05, 0) is 82.9 Å². The summed E-state index contributed by atoms with van der Waals surface area (Å²) in [5.74, 6) is -6.42. The Morgan fingerprint density at radius 2 is 1.32 bits per heavy atom. The number of carbonyl (C=O) groups excluding carboxylic acids is 9. The summed E-state index contributed by atoms with van der Waals surface area (Å²) in [5, 5.41) is 15.7. The van der Waals surface area contributed by atoms with Crippen LogP contribution in [0.1, 0.15) is 89.1 Å². The molecule has 0 spiro atoms. The second-order valence-corrected chi connectivity index (χ2v) is 21.9. The molecule has 3 aromatic carbocycles. The van der Waals surface area contributed by atoms with Crippen molar-refractivity contribution in [3.63, 3.8) is 0 Å². The van der Waals surface area contributed by atoms with Gasteiger partial charge in [-0.1, -0.05) is 103 Å². The Morgan fingerprint density at radius 3 is 1.99 bits per heavy atom. The predicted octanol–water partition coefficient (Wildman–Crippen LogP) is 5.27. The fourth-order valence-electron chi connectivity index (χ4n) is 7.68. The molecule has 1 heterocycles. The molecule has 20 nitrogen and oxygen atoms in total. The van der Waals surface area contributed by atoms with Crippen molar-refractivity contribution < 1.29 is 62.1 Å². The number of alkyl halides is 3. The maximum absolute atomic E-state index is 14.1. The molecule has 75 heavy (non-hydrogen) atoms. The normalized spacial score (nSPS) is 13.2. The Hall–Kier alpha value is -6.90. The highest BCUT2D eigenvalue weighted by atomic mass is 35.6. The van der Waals surface area contributed by atoms with Crippen LogP contribution in [0.15, 0.2) is 72.9 Å². The van der Waals surface area contributed by atoms with Gasteiger partial charge in [-0.25, -0.2) is 14.4 Å². The molecule has 406 valence electrons. The van der Waals surface area contributed by atoms with Crippen molar-refractivity contribution in [3.05, 3.63) is 101 Å². The van der Waals surface area contributed by atoms with Crippen LogP contribution in [0.25, 0.3) is 10.9 Å². The first-order valence-corrected chi connectivity index (χ1v) is 24.9. The second-order valence-electron chi connectivity index (χ2n) is 19.4. The molecule has 7 N–H and O–H groups in total. The van der Waals surface area contributed by atoms with Crippen LogP contribution in [0, 0.1) is 13.8 Å². The molecule has 6 amide bonds. The highest BCUT2D eigenvalue weighted by Crippen LogP contribution is 2.38. The number of carbonyl (C=O) groups is 9. The summed E-state index contributed by atoms with van der Waals surface area (Å²) in [7, 11) is 0. The van der Waals surface area contributed by atoms with Crippen LogP contribution in [-0.4, -0.2) is 112 Å². The molecule has 0 aliphatic carbocycles. The van der Waals surface area contributed by atoms with E-state index >= 15 is 0 Å². The quantitative estimate of drug-likeness (QED) is 0.0216. The number of H-pyrrole nitrogens is 1. The van der Waals surface area contributed by atoms with Crippen LogP contribution in [0.4, 0.5) is 4.79 Å². The minimum Gasteiger partial charge on any atom is -0.461 e. The number of hydrogen-bond donors (Lipinski definition) is 7. The lowest BCUT2D eigenvalue weighted by Gasteiger charge is -2.30. The van der Waals surface area contributed by atoms with Crippen LogP contribution >= 0.6 is 34.8 Å². The van der Waals surface area contributed by atoms with Gasteiger partial charge in [-0.3, -0.25) is 28.8 Å². The molecule has 0 aliphatic heterocycles. The van der Waals surface area contributed by atoms with E-state index in [-0.39, 0.29) is 25.2 Å². The van der Waals surface area contributed by atoms with E-state index in [9.17, 15) is 43.2 Å². The molecule has 0 aliphatic rings. The number of aromatic nitrogens is 1. The Labute approximate surface area is 449 Å². The van der Waals surface area contributed by atoms with E-state index in [4.69, 9.17) is 53.8 Å². The fourth-order valence-corrected chi connectivity index (χ4v) is 7.84. The smallest absolute Gasteiger partial charge is 0.408 e. The maximum atomic E-state index is 14.1. The van der Waals surface area contributed by atoms with Gasteiger partial charge in [0.2, 0.25) is 33.3 Å². The molecule has 0 radical (unpaired) electrons. The maximum Gasteiger partial charge on any atom is 0.408 e. The van der Waals surface area contributed by atoms with E-state index in [0.717, 1.165) is 16.5 Å². The Balaban J connectivity index is 1.39. The first kappa shape index (κ1) is 60.7. The number of para-hydroxylation sites is 1. The number of amides is 6. The zero-order valence-electron chi connectivity index (χ0n) is 43.1. The number of alkyl carbamates (subject to hydrolysis) is 1. The molecular formula is C52H64Cl3N7O13. The lowest BCUT2D eigenvalue weighted by molar-refractivity contribution is -0.154. The topological polar surface area (TPSA) is 279 Å². The first-order valence-electron chi connectivity index (χ1n) is 23.7. The van der Waals surface area contributed by atoms with Gasteiger partial charge in [0.05, 0.1) is 19.5 Å². The number of nitrogens with one attached hydrogen (secondary N) is 7. The van der Waals surface area contributed by atoms with Gasteiger partial charge in [0.1, 0.15) is 48.7 Å². The van der Waals surface area contributed by atoms with E-state index < -0.39 is 119 Å². The summed E-state index contributed by atoms with van der Waals surface area (Å²) in [6.45, 7) is 12.9. The van der Waals surface area contributed by atoms with Gasteiger partial charge in [-0.2, -0.15) is 0 Å². The summed E-state index contributed by atoms with van der Waals surface area (Å²) in [6, 6.07) is 14.4. The predicted molar refractivity (Wildman–Crippen MR) is 280 cm³/mol. The van der Waals surface area contributed by atoms with E-state index in [2.05, 4.69) is 36.9 Å². The van der Waals surface area contributed by atoms with Crippen molar-refractivity contribution in [3.8, 4) is 5.75 Å². The molecule has 0 fully saturated rings. The summed E-state index contributed by atoms with van der Waals surface area (Å²) in [6.07, 6.45) is 0.0414. The van der Waals surface area contributed by atoms with Gasteiger partial charge in [0.25, 0.3) is 0 Å². The van der Waals surface area contributed by atoms with Gasteiger partial charge in [-0.15, -0.1) is 0 Å². The van der Waals surface area contributed by atoms with Crippen LogP contribution in [-0.2, 0) is 71.0 Å². The average Bonchev–Trinajstić information content (AvgIpc) is 3.71. The summed E-state index contributed by atoms with van der Waals surface area (Å²) >= 11 is 17.1. The number of fused-ring (bicyclic) bond motifs is 1. The van der Waals surface area contributed by atoms with Crippen molar-refractivity contribution in [2.75, 3.05) is 19.7 Å². The molecule has 0 saturated carbocycles. The monoisotopic (exact) mass is 1100 g/mol. The van der Waals surface area contributed by atoms with E-state index in [1.54, 1.807) is 77.2 Å². The fraction of sp³-hybridized carbons (Fsp3) is 0.442. The lowest BCUT2D eigenvalue weighted by atomic mass is 9.78. The van der Waals surface area contributed by atoms with Gasteiger partial charge < -0.3 is 55.8 Å². The van der Waals surface area contributed by atoms with Gasteiger partial charge in [0, 0.05) is 40.9 Å². The minimum absolute atomic E-state index is 0.00383. The number of halogens is 3. The number of ether oxygens (including phenoxy) is 4. The second kappa shape index (κ2) is 27.1. The van der Waals surface area contributed by atoms with Crippen LogP contribution in [0.5, 0.6) is 5.75 Å². The first-order chi connectivity index (χ1) is 35.0. The molecular weight excluding hydrogens is 1040 g/mol. The Kier molecular flexibility index (Phi) is 21.9. The zero-order chi connectivity index (χ0) is 55.8. The average molecular weight is 1100 g/mol. The molecule has 4 atom stereocenters. The largest absolute Gasteiger partial charge is 0.461 e. The molecule has 0 unspecified atom stereocenters. The number of aryl methyl sites for hydroxylation is 2. The third-order valence-corrected chi connectivity index (χ3v) is 11.3. The lowest BCUT2D eigenvalue weighted by Crippen LogP contribution is -2.54. The standard InChI is InChI=1S/C52H64Cl3N7O13/c1-29-19-30(2)44(39(20-29)74-47(69)32(4)60-49(71)75-50(5,6)7)51(8,9)23-40(63)61-37(21-34-24-56-36-18-14-13-17-35(34)36)46(68)59-31(3)45(67)58-25-41(64)57-26-42(65)62-38(48(70)73-28-52(53,54)55)22-43(66)72-27-33-15-11-10-12-16-33/h10-20,24,31-32,37-38,56H,21-23,25-28H2,1-9H3,(H,57,64)(H,58,67)(H,59,68)(H,60,71)(H,61,63)(H,62,65)/t31-,32-,37-,38-/m0/s1. The van der Waals surface area contributed by atoms with Crippen LogP contribution in [0.3, 0.4) is 0 Å². The highest BCUT2D eigenvalue weighted by Gasteiger charge is 2.35. The molecule has 1 aromatic heterocycles. The minimum atomic E-state index is -1.99. The molecule has 4 aromatic rings. The van der Waals surface area contributed by atoms with Crippen molar-refractivity contribution in [1.29, 1.82) is 0 Å². The Morgan fingerprint density at radius 1 is 0.680 bits per heavy atom. The van der Waals surface area contributed by atoms with Crippen LogP contribution in [0.2, 0.25) is 0 Å². The third kappa shape index (κ3) is 20.4. The number of hydrogen-bond acceptors (Lipinski definition) is 13.